The van der Waals surface area contributed by atoms with Crippen molar-refractivity contribution < 1.29 is 0 Å². The van der Waals surface area contributed by atoms with Gasteiger partial charge in [-0.25, -0.2) is 0 Å². The van der Waals surface area contributed by atoms with Crippen molar-refractivity contribution in [2.24, 2.45) is 5.10 Å². The van der Waals surface area contributed by atoms with Crippen LogP contribution in [-0.4, -0.2) is 11.3 Å². The maximum Gasteiger partial charge on any atom is 0.187 e. The Morgan fingerprint density at radius 3 is 1.96 bits per heavy atom. The molecule has 4 rings (SSSR count). The van der Waals surface area contributed by atoms with E-state index in [0.29, 0.717) is 11.7 Å². The molecule has 0 bridgehead atoms. The Morgan fingerprint density at radius 1 is 0.821 bits per heavy atom. The average molecular weight is 404 g/mol. The molecule has 0 saturated carbocycles. The zero-order valence-corrected chi connectivity index (χ0v) is 16.6. The van der Waals surface area contributed by atoms with Gasteiger partial charge >= 0.3 is 0 Å². The molecule has 2 N–H and O–H groups in total. The van der Waals surface area contributed by atoms with Gasteiger partial charge in [-0.1, -0.05) is 90.5 Å². The summed E-state index contributed by atoms with van der Waals surface area (Å²) in [5.74, 6) is 0. The third kappa shape index (κ3) is 3.84. The molecule has 5 heteroatoms. The summed E-state index contributed by atoms with van der Waals surface area (Å²) < 4.78 is 0. The van der Waals surface area contributed by atoms with Crippen LogP contribution in [0.15, 0.2) is 84.0 Å². The molecule has 3 nitrogen and oxygen atoms in total. The van der Waals surface area contributed by atoms with Gasteiger partial charge in [-0.15, -0.1) is 0 Å². The topological polar surface area (TPSA) is 36.4 Å². The Kier molecular flexibility index (Phi) is 5.51. The summed E-state index contributed by atoms with van der Waals surface area (Å²) in [6.45, 7) is 0.648. The van der Waals surface area contributed by atoms with Crippen LogP contribution in [0.3, 0.4) is 0 Å². The molecule has 0 amide bonds. The van der Waals surface area contributed by atoms with Gasteiger partial charge in [0.2, 0.25) is 0 Å². The fourth-order valence-corrected chi connectivity index (χ4v) is 3.68. The predicted octanol–water partition coefficient (Wildman–Crippen LogP) is 5.64. The lowest BCUT2D eigenvalue weighted by Gasteiger charge is -2.11. The molecule has 0 saturated heterocycles. The fraction of sp³-hybridized carbons (Fsp3) is 0.0435. The van der Waals surface area contributed by atoms with Gasteiger partial charge < -0.3 is 5.32 Å². The molecule has 4 aromatic carbocycles. The van der Waals surface area contributed by atoms with Gasteiger partial charge in [0.25, 0.3) is 0 Å². The number of hydrogen-bond acceptors (Lipinski definition) is 2. The summed E-state index contributed by atoms with van der Waals surface area (Å²) >= 11 is 12.0. The Hall–Kier alpha value is -2.95. The molecule has 0 heterocycles. The minimum Gasteiger partial charge on any atom is -0.357 e. The minimum absolute atomic E-state index is 0.475. The minimum atomic E-state index is 0.475. The van der Waals surface area contributed by atoms with E-state index in [-0.39, 0.29) is 0 Å². The van der Waals surface area contributed by atoms with Crippen molar-refractivity contribution >= 4 is 56.7 Å². The van der Waals surface area contributed by atoms with Gasteiger partial charge in [-0.3, -0.25) is 5.43 Å². The molecule has 4 aromatic rings. The highest BCUT2D eigenvalue weighted by atomic mass is 35.5. The molecule has 0 aromatic heterocycles. The Morgan fingerprint density at radius 2 is 1.36 bits per heavy atom. The van der Waals surface area contributed by atoms with Crippen LogP contribution in [-0.2, 0) is 6.54 Å². The molecule has 0 radical (unpaired) electrons. The maximum absolute atomic E-state index is 6.64. The third-order valence-electron chi connectivity index (χ3n) is 4.56. The van der Waals surface area contributed by atoms with E-state index in [0.717, 1.165) is 37.7 Å². The van der Waals surface area contributed by atoms with Gasteiger partial charge in [-0.2, -0.15) is 5.10 Å². The third-order valence-corrected chi connectivity index (χ3v) is 5.21. The predicted molar refractivity (Wildman–Crippen MR) is 123 cm³/mol. The van der Waals surface area contributed by atoms with Crippen LogP contribution in [0.1, 0.15) is 11.1 Å². The smallest absolute Gasteiger partial charge is 0.187 e. The van der Waals surface area contributed by atoms with E-state index < -0.39 is 0 Å². The summed E-state index contributed by atoms with van der Waals surface area (Å²) in [6, 6.07) is 26.2. The van der Waals surface area contributed by atoms with Gasteiger partial charge in [0.15, 0.2) is 5.11 Å². The average Bonchev–Trinajstić information content (AvgIpc) is 2.75. The van der Waals surface area contributed by atoms with E-state index in [9.17, 15) is 0 Å². The standard InChI is InChI=1S/C23H18ClN3S/c24-22-19-12-6-4-10-17(19)21(18-11-5-7-13-20(18)22)15-26-27-23(28)25-14-16-8-2-1-3-9-16/h1-13,15H,14H2,(H2,25,27,28)/b26-15+. The first kappa shape index (κ1) is 18.4. The number of fused-ring (bicyclic) bond motifs is 2. The lowest BCUT2D eigenvalue weighted by Crippen LogP contribution is -2.31. The van der Waals surface area contributed by atoms with Crippen molar-refractivity contribution in [2.45, 2.75) is 6.54 Å². The zero-order valence-electron chi connectivity index (χ0n) is 15.0. The fourth-order valence-electron chi connectivity index (χ4n) is 3.22. The second-order valence-corrected chi connectivity index (χ2v) is 7.14. The highest BCUT2D eigenvalue weighted by Gasteiger charge is 2.10. The Balaban J connectivity index is 1.58. The summed E-state index contributed by atoms with van der Waals surface area (Å²) in [5, 5.41) is 12.9. The Labute approximate surface area is 174 Å². The van der Waals surface area contributed by atoms with Gasteiger partial charge in [-0.05, 0) is 28.6 Å². The Bertz CT molecular complexity index is 1120. The highest BCUT2D eigenvalue weighted by molar-refractivity contribution is 7.80. The van der Waals surface area contributed by atoms with Crippen LogP contribution >= 0.6 is 23.8 Å². The largest absolute Gasteiger partial charge is 0.357 e. The zero-order chi connectivity index (χ0) is 19.3. The number of rotatable bonds is 4. The number of thiocarbonyl (C=S) groups is 1. The molecule has 0 aliphatic rings. The number of hydrazone groups is 1. The summed E-state index contributed by atoms with van der Waals surface area (Å²) in [5.41, 5.74) is 5.07. The first-order valence-electron chi connectivity index (χ1n) is 8.94. The molecule has 28 heavy (non-hydrogen) atoms. The molecule has 0 spiro atoms. The van der Waals surface area contributed by atoms with E-state index in [1.807, 2.05) is 66.7 Å². The van der Waals surface area contributed by atoms with E-state index in [2.05, 4.69) is 28.0 Å². The molecule has 0 unspecified atom stereocenters. The van der Waals surface area contributed by atoms with Gasteiger partial charge in [0.05, 0.1) is 11.2 Å². The van der Waals surface area contributed by atoms with Crippen molar-refractivity contribution in [3.63, 3.8) is 0 Å². The van der Waals surface area contributed by atoms with Crippen molar-refractivity contribution in [1.29, 1.82) is 0 Å². The van der Waals surface area contributed by atoms with Crippen molar-refractivity contribution in [2.75, 3.05) is 0 Å². The van der Waals surface area contributed by atoms with E-state index in [4.69, 9.17) is 23.8 Å². The monoisotopic (exact) mass is 403 g/mol. The number of benzene rings is 4. The van der Waals surface area contributed by atoms with Crippen LogP contribution in [0.4, 0.5) is 0 Å². The van der Waals surface area contributed by atoms with Crippen LogP contribution in [0.25, 0.3) is 21.5 Å². The molecule has 0 aliphatic carbocycles. The van der Waals surface area contributed by atoms with Crippen molar-refractivity contribution in [3.05, 3.63) is 95.0 Å². The number of hydrogen-bond donors (Lipinski definition) is 2. The van der Waals surface area contributed by atoms with E-state index in [1.54, 1.807) is 6.21 Å². The van der Waals surface area contributed by atoms with Gasteiger partial charge in [0, 0.05) is 22.9 Å². The molecule has 0 aliphatic heterocycles. The lowest BCUT2D eigenvalue weighted by atomic mass is 9.97. The quantitative estimate of drug-likeness (QED) is 0.200. The molecule has 0 atom stereocenters. The number of nitrogens with zero attached hydrogens (tertiary/aromatic N) is 1. The maximum atomic E-state index is 6.64. The second kappa shape index (κ2) is 8.38. The highest BCUT2D eigenvalue weighted by Crippen LogP contribution is 2.35. The van der Waals surface area contributed by atoms with Crippen LogP contribution < -0.4 is 10.7 Å². The van der Waals surface area contributed by atoms with Crippen LogP contribution in [0.2, 0.25) is 5.02 Å². The molecular weight excluding hydrogens is 386 g/mol. The lowest BCUT2D eigenvalue weighted by molar-refractivity contribution is 0.869. The van der Waals surface area contributed by atoms with Crippen LogP contribution in [0, 0.1) is 0 Å². The first-order valence-corrected chi connectivity index (χ1v) is 9.72. The SMILES string of the molecule is S=C(NCc1ccccc1)N/N=C/c1c2ccccc2c(Cl)c2ccccc12. The summed E-state index contributed by atoms with van der Waals surface area (Å²) in [4.78, 5) is 0. The van der Waals surface area contributed by atoms with Crippen LogP contribution in [0.5, 0.6) is 0 Å². The molecular formula is C23H18ClN3S. The normalized spacial score (nSPS) is 11.2. The number of nitrogens with one attached hydrogen (secondary N) is 2. The van der Waals surface area contributed by atoms with Gasteiger partial charge in [0.1, 0.15) is 0 Å². The summed E-state index contributed by atoms with van der Waals surface area (Å²) in [7, 11) is 0. The number of halogens is 1. The second-order valence-electron chi connectivity index (χ2n) is 6.36. The van der Waals surface area contributed by atoms with Crippen molar-refractivity contribution in [1.82, 2.24) is 10.7 Å². The molecule has 138 valence electrons. The van der Waals surface area contributed by atoms with E-state index >= 15 is 0 Å². The van der Waals surface area contributed by atoms with Crippen molar-refractivity contribution in [3.8, 4) is 0 Å². The molecule has 0 fully saturated rings. The first-order chi connectivity index (χ1) is 13.7. The summed E-state index contributed by atoms with van der Waals surface area (Å²) in [6.07, 6.45) is 1.80. The van der Waals surface area contributed by atoms with E-state index in [1.165, 1.54) is 0 Å².